The molecule has 18 heavy (non-hydrogen) atoms. The quantitative estimate of drug-likeness (QED) is 0.237. The normalized spacial score (nSPS) is 12.4. The van der Waals surface area contributed by atoms with Crippen molar-refractivity contribution in [3.8, 4) is 0 Å². The zero-order valence-electron chi connectivity index (χ0n) is 9.31. The second kappa shape index (κ2) is 6.45. The molecule has 0 bridgehead atoms. The SMILES string of the molecule is N/N=C(N)\C(=N/N)SCc1ccc([N+](=O)[O-])cc1. The maximum Gasteiger partial charge on any atom is 0.269 e. The largest absolute Gasteiger partial charge is 0.380 e. The van der Waals surface area contributed by atoms with E-state index in [0.29, 0.717) is 10.8 Å². The Bertz CT molecular complexity index is 484. The molecule has 0 spiro atoms. The van der Waals surface area contributed by atoms with E-state index in [2.05, 4.69) is 10.2 Å². The van der Waals surface area contributed by atoms with E-state index in [1.165, 1.54) is 23.9 Å². The molecule has 9 heteroatoms. The lowest BCUT2D eigenvalue weighted by molar-refractivity contribution is -0.384. The van der Waals surface area contributed by atoms with Gasteiger partial charge in [0, 0.05) is 17.9 Å². The molecule has 0 unspecified atom stereocenters. The Balaban J connectivity index is 2.66. The number of amidine groups is 1. The van der Waals surface area contributed by atoms with Gasteiger partial charge in [0.1, 0.15) is 0 Å². The molecule has 6 N–H and O–H groups in total. The van der Waals surface area contributed by atoms with Crippen LogP contribution in [-0.4, -0.2) is 15.8 Å². The van der Waals surface area contributed by atoms with E-state index in [1.54, 1.807) is 12.1 Å². The first-order valence-corrected chi connectivity index (χ1v) is 5.74. The first-order valence-electron chi connectivity index (χ1n) is 4.76. The topological polar surface area (TPSA) is 146 Å². The predicted molar refractivity (Wildman–Crippen MR) is 71.8 cm³/mol. The minimum absolute atomic E-state index is 0.0412. The first kappa shape index (κ1) is 13.8. The molecule has 0 aromatic heterocycles. The van der Waals surface area contributed by atoms with E-state index in [0.717, 1.165) is 5.56 Å². The molecule has 0 aliphatic carbocycles. The summed E-state index contributed by atoms with van der Waals surface area (Å²) in [5.74, 6) is 10.7. The molecule has 1 aromatic rings. The van der Waals surface area contributed by atoms with Crippen LogP contribution in [0.25, 0.3) is 0 Å². The molecule has 0 aliphatic heterocycles. The second-order valence-electron chi connectivity index (χ2n) is 3.16. The van der Waals surface area contributed by atoms with Gasteiger partial charge in [-0.1, -0.05) is 23.9 Å². The smallest absolute Gasteiger partial charge is 0.269 e. The van der Waals surface area contributed by atoms with Crippen molar-refractivity contribution in [2.75, 3.05) is 0 Å². The minimum atomic E-state index is -0.456. The number of nitrogens with two attached hydrogens (primary N) is 3. The first-order chi connectivity index (χ1) is 8.58. The van der Waals surface area contributed by atoms with Gasteiger partial charge in [-0.15, -0.1) is 0 Å². The molecular weight excluding hydrogens is 256 g/mol. The number of benzene rings is 1. The van der Waals surface area contributed by atoms with E-state index in [-0.39, 0.29) is 11.5 Å². The number of hydrogen-bond acceptors (Lipinski definition) is 7. The molecule has 8 nitrogen and oxygen atoms in total. The van der Waals surface area contributed by atoms with Gasteiger partial charge in [0.2, 0.25) is 0 Å². The molecule has 0 amide bonds. The third-order valence-corrected chi connectivity index (χ3v) is 3.06. The lowest BCUT2D eigenvalue weighted by Gasteiger charge is -2.03. The Hall–Kier alpha value is -2.29. The standard InChI is InChI=1S/C9H12N6O2S/c10-8(13-11)9(14-12)18-5-6-1-3-7(4-2-6)15(16)17/h1-4H,5,11-12H2,(H2,10,13)/b14-9+. The number of hydrazone groups is 2. The summed E-state index contributed by atoms with van der Waals surface area (Å²) in [6.45, 7) is 0. The molecule has 0 radical (unpaired) electrons. The van der Waals surface area contributed by atoms with Gasteiger partial charge in [0.15, 0.2) is 10.9 Å². The van der Waals surface area contributed by atoms with Crippen LogP contribution < -0.4 is 17.4 Å². The van der Waals surface area contributed by atoms with E-state index >= 15 is 0 Å². The number of nitro benzene ring substituents is 1. The van der Waals surface area contributed by atoms with Crippen LogP contribution >= 0.6 is 11.8 Å². The Morgan fingerprint density at radius 2 is 1.89 bits per heavy atom. The van der Waals surface area contributed by atoms with Crippen LogP contribution in [-0.2, 0) is 5.75 Å². The molecular formula is C9H12N6O2S. The van der Waals surface area contributed by atoms with Gasteiger partial charge in [-0.2, -0.15) is 10.2 Å². The van der Waals surface area contributed by atoms with Crippen LogP contribution in [0, 0.1) is 10.1 Å². The number of nitro groups is 1. The van der Waals surface area contributed by atoms with Crippen molar-refractivity contribution in [2.45, 2.75) is 5.75 Å². The van der Waals surface area contributed by atoms with E-state index in [9.17, 15) is 10.1 Å². The van der Waals surface area contributed by atoms with E-state index in [1.807, 2.05) is 0 Å². The highest BCUT2D eigenvalue weighted by molar-refractivity contribution is 8.15. The van der Waals surface area contributed by atoms with Crippen molar-refractivity contribution in [3.63, 3.8) is 0 Å². The lowest BCUT2D eigenvalue weighted by atomic mass is 10.2. The molecule has 1 rings (SSSR count). The fraction of sp³-hybridized carbons (Fsp3) is 0.111. The van der Waals surface area contributed by atoms with Gasteiger partial charge in [-0.05, 0) is 5.56 Å². The summed E-state index contributed by atoms with van der Waals surface area (Å²) in [6, 6.07) is 6.15. The van der Waals surface area contributed by atoms with Crippen LogP contribution in [0.3, 0.4) is 0 Å². The maximum atomic E-state index is 10.5. The zero-order valence-corrected chi connectivity index (χ0v) is 10.1. The summed E-state index contributed by atoms with van der Waals surface area (Å²) >= 11 is 1.24. The van der Waals surface area contributed by atoms with Gasteiger partial charge in [-0.3, -0.25) is 10.1 Å². The van der Waals surface area contributed by atoms with E-state index in [4.69, 9.17) is 17.4 Å². The lowest BCUT2D eigenvalue weighted by Crippen LogP contribution is -2.24. The predicted octanol–water partition coefficient (Wildman–Crippen LogP) is 0.331. The molecule has 0 fully saturated rings. The molecule has 1 aromatic carbocycles. The van der Waals surface area contributed by atoms with Crippen molar-refractivity contribution in [3.05, 3.63) is 39.9 Å². The van der Waals surface area contributed by atoms with Crippen LogP contribution in [0.1, 0.15) is 5.56 Å². The zero-order chi connectivity index (χ0) is 13.5. The summed E-state index contributed by atoms with van der Waals surface area (Å²) in [6.07, 6.45) is 0. The number of hydrogen-bond donors (Lipinski definition) is 3. The minimum Gasteiger partial charge on any atom is -0.380 e. The molecule has 0 saturated heterocycles. The third kappa shape index (κ3) is 3.63. The number of thioether (sulfide) groups is 1. The Kier molecular flexibility index (Phi) is 4.93. The fourth-order valence-corrected chi connectivity index (χ4v) is 1.87. The molecule has 0 saturated carbocycles. The van der Waals surface area contributed by atoms with Crippen molar-refractivity contribution >= 4 is 28.3 Å². The van der Waals surface area contributed by atoms with Crippen molar-refractivity contribution in [1.82, 2.24) is 0 Å². The van der Waals surface area contributed by atoms with Gasteiger partial charge < -0.3 is 17.4 Å². The Morgan fingerprint density at radius 1 is 1.28 bits per heavy atom. The average molecular weight is 268 g/mol. The van der Waals surface area contributed by atoms with Gasteiger partial charge in [0.25, 0.3) is 5.69 Å². The maximum absolute atomic E-state index is 10.5. The van der Waals surface area contributed by atoms with Crippen molar-refractivity contribution < 1.29 is 4.92 Å². The van der Waals surface area contributed by atoms with Gasteiger partial charge in [-0.25, -0.2) is 0 Å². The van der Waals surface area contributed by atoms with Crippen molar-refractivity contribution in [2.24, 2.45) is 27.6 Å². The molecule has 96 valence electrons. The molecule has 0 aliphatic rings. The molecule has 0 atom stereocenters. The van der Waals surface area contributed by atoms with Gasteiger partial charge in [0.05, 0.1) is 4.92 Å². The van der Waals surface area contributed by atoms with E-state index < -0.39 is 4.92 Å². The Labute approximate surface area is 107 Å². The highest BCUT2D eigenvalue weighted by atomic mass is 32.2. The number of rotatable bonds is 3. The number of nitrogens with zero attached hydrogens (tertiary/aromatic N) is 3. The van der Waals surface area contributed by atoms with Crippen LogP contribution in [0.2, 0.25) is 0 Å². The van der Waals surface area contributed by atoms with Crippen LogP contribution in [0.4, 0.5) is 5.69 Å². The van der Waals surface area contributed by atoms with Gasteiger partial charge >= 0.3 is 0 Å². The summed E-state index contributed by atoms with van der Waals surface area (Å²) in [4.78, 5) is 10.0. The monoisotopic (exact) mass is 268 g/mol. The highest BCUT2D eigenvalue weighted by Crippen LogP contribution is 2.17. The summed E-state index contributed by atoms with van der Waals surface area (Å²) in [7, 11) is 0. The molecule has 0 heterocycles. The van der Waals surface area contributed by atoms with Crippen molar-refractivity contribution in [1.29, 1.82) is 0 Å². The third-order valence-electron chi connectivity index (χ3n) is 2.00. The summed E-state index contributed by atoms with van der Waals surface area (Å²) in [5.41, 5.74) is 6.37. The summed E-state index contributed by atoms with van der Waals surface area (Å²) in [5, 5.41) is 17.5. The number of non-ortho nitro benzene ring substituents is 1. The highest BCUT2D eigenvalue weighted by Gasteiger charge is 2.08. The second-order valence-corrected chi connectivity index (χ2v) is 4.12. The Morgan fingerprint density at radius 3 is 2.33 bits per heavy atom. The fourth-order valence-electron chi connectivity index (χ4n) is 1.10. The van der Waals surface area contributed by atoms with Crippen LogP contribution in [0.15, 0.2) is 34.5 Å². The van der Waals surface area contributed by atoms with Crippen LogP contribution in [0.5, 0.6) is 0 Å². The average Bonchev–Trinajstić information content (AvgIpc) is 2.39. The summed E-state index contributed by atoms with van der Waals surface area (Å²) < 4.78 is 0.